The number of hydrogen-bond donors (Lipinski definition) is 1. The van der Waals surface area contributed by atoms with Gasteiger partial charge in [-0.2, -0.15) is 5.10 Å². The quantitative estimate of drug-likeness (QED) is 0.852. The average molecular weight is 356 g/mol. The van der Waals surface area contributed by atoms with Crippen LogP contribution in [0.4, 0.5) is 0 Å². The van der Waals surface area contributed by atoms with Crippen LogP contribution >= 0.6 is 0 Å². The Labute approximate surface area is 152 Å². The van der Waals surface area contributed by atoms with E-state index in [0.29, 0.717) is 5.56 Å². The molecule has 8 nitrogen and oxygen atoms in total. The predicted molar refractivity (Wildman–Crippen MR) is 96.0 cm³/mol. The molecule has 2 saturated heterocycles. The number of likely N-dealkylation sites (N-methyl/N-ethyl adjacent to an activating group) is 1. The van der Waals surface area contributed by atoms with Crippen molar-refractivity contribution in [1.82, 2.24) is 29.5 Å². The number of aryl methyl sites for hydroxylation is 1. The van der Waals surface area contributed by atoms with E-state index in [0.717, 1.165) is 38.3 Å². The van der Waals surface area contributed by atoms with Crippen molar-refractivity contribution in [3.8, 4) is 5.82 Å². The fourth-order valence-electron chi connectivity index (χ4n) is 3.84. The normalized spacial score (nSPS) is 21.7. The Morgan fingerprint density at radius 2 is 1.96 bits per heavy atom. The van der Waals surface area contributed by atoms with Gasteiger partial charge >= 0.3 is 0 Å². The highest BCUT2D eigenvalue weighted by molar-refractivity contribution is 5.97. The molecule has 4 rings (SSSR count). The van der Waals surface area contributed by atoms with Gasteiger partial charge in [0.05, 0.1) is 18.3 Å². The molecular weight excluding hydrogens is 332 g/mol. The Morgan fingerprint density at radius 3 is 2.69 bits per heavy atom. The van der Waals surface area contributed by atoms with E-state index in [2.05, 4.69) is 15.3 Å². The van der Waals surface area contributed by atoms with E-state index in [1.807, 2.05) is 43.2 Å². The lowest BCUT2D eigenvalue weighted by molar-refractivity contribution is -0.141. The fraction of sp³-hybridized carbons (Fsp3) is 0.500. The van der Waals surface area contributed by atoms with Gasteiger partial charge in [0, 0.05) is 46.1 Å². The van der Waals surface area contributed by atoms with Crippen LogP contribution in [-0.4, -0.2) is 74.7 Å². The number of piperidine rings is 1. The first-order valence-electron chi connectivity index (χ1n) is 9.00. The Hall–Kier alpha value is -2.61. The maximum Gasteiger partial charge on any atom is 0.257 e. The number of carbonyl (C=O) groups is 2. The number of amides is 2. The Balaban J connectivity index is 1.38. The van der Waals surface area contributed by atoms with Gasteiger partial charge in [-0.25, -0.2) is 0 Å². The molecular formula is C18H24N6O2. The molecule has 0 saturated carbocycles. The van der Waals surface area contributed by atoms with Crippen molar-refractivity contribution in [1.29, 1.82) is 0 Å². The molecule has 1 atom stereocenters. The Morgan fingerprint density at radius 1 is 1.23 bits per heavy atom. The van der Waals surface area contributed by atoms with Crippen LogP contribution in [0.1, 0.15) is 23.2 Å². The van der Waals surface area contributed by atoms with Crippen LogP contribution in [0.25, 0.3) is 5.82 Å². The van der Waals surface area contributed by atoms with E-state index < -0.39 is 0 Å². The third kappa shape index (κ3) is 2.90. The largest absolute Gasteiger partial charge is 0.347 e. The van der Waals surface area contributed by atoms with Crippen molar-refractivity contribution < 1.29 is 9.59 Å². The van der Waals surface area contributed by atoms with Crippen LogP contribution in [0.15, 0.2) is 30.7 Å². The van der Waals surface area contributed by atoms with Crippen LogP contribution < -0.4 is 5.32 Å². The third-order valence-corrected chi connectivity index (χ3v) is 5.32. The molecule has 26 heavy (non-hydrogen) atoms. The molecule has 0 spiro atoms. The minimum absolute atomic E-state index is 0.0317. The van der Waals surface area contributed by atoms with Crippen molar-refractivity contribution in [3.63, 3.8) is 0 Å². The Kier molecular flexibility index (Phi) is 4.28. The van der Waals surface area contributed by atoms with Gasteiger partial charge in [0.1, 0.15) is 11.4 Å². The smallest absolute Gasteiger partial charge is 0.257 e. The predicted octanol–water partition coefficient (Wildman–Crippen LogP) is 0.246. The zero-order chi connectivity index (χ0) is 18.3. The highest BCUT2D eigenvalue weighted by atomic mass is 16.2. The highest BCUT2D eigenvalue weighted by Crippen LogP contribution is 2.22. The Bertz CT molecular complexity index is 806. The van der Waals surface area contributed by atoms with Gasteiger partial charge in [0.2, 0.25) is 5.91 Å². The summed E-state index contributed by atoms with van der Waals surface area (Å²) >= 11 is 0. The molecule has 0 aliphatic carbocycles. The molecule has 0 radical (unpaired) electrons. The molecule has 0 aromatic carbocycles. The van der Waals surface area contributed by atoms with Crippen LogP contribution in [-0.2, 0) is 11.8 Å². The van der Waals surface area contributed by atoms with Crippen molar-refractivity contribution in [2.45, 2.75) is 24.9 Å². The van der Waals surface area contributed by atoms with Crippen LogP contribution in [0.2, 0.25) is 0 Å². The van der Waals surface area contributed by atoms with Gasteiger partial charge < -0.3 is 14.8 Å². The maximum absolute atomic E-state index is 12.7. The molecule has 2 aromatic heterocycles. The summed E-state index contributed by atoms with van der Waals surface area (Å²) in [5, 5.41) is 7.30. The van der Waals surface area contributed by atoms with Crippen molar-refractivity contribution >= 4 is 11.8 Å². The van der Waals surface area contributed by atoms with E-state index in [9.17, 15) is 9.59 Å². The second-order valence-corrected chi connectivity index (χ2v) is 7.14. The molecule has 2 aromatic rings. The fourth-order valence-corrected chi connectivity index (χ4v) is 3.84. The number of hydrogen-bond acceptors (Lipinski definition) is 4. The summed E-state index contributed by atoms with van der Waals surface area (Å²) in [4.78, 5) is 28.9. The highest BCUT2D eigenvalue weighted by Gasteiger charge is 2.39. The zero-order valence-corrected chi connectivity index (χ0v) is 15.1. The second kappa shape index (κ2) is 6.60. The molecule has 0 bridgehead atoms. The molecule has 2 amide bonds. The minimum Gasteiger partial charge on any atom is -0.347 e. The van der Waals surface area contributed by atoms with Crippen molar-refractivity contribution in [2.24, 2.45) is 7.05 Å². The van der Waals surface area contributed by atoms with Crippen LogP contribution in [0.3, 0.4) is 0 Å². The first-order chi connectivity index (χ1) is 12.5. The summed E-state index contributed by atoms with van der Waals surface area (Å²) in [6.07, 6.45) is 7.33. The van der Waals surface area contributed by atoms with E-state index in [-0.39, 0.29) is 23.9 Å². The molecule has 1 N–H and O–H groups in total. The molecule has 4 heterocycles. The number of carbonyl (C=O) groups excluding carboxylic acids is 2. The van der Waals surface area contributed by atoms with E-state index in [1.165, 1.54) is 0 Å². The monoisotopic (exact) mass is 356 g/mol. The molecule has 2 aliphatic rings. The first kappa shape index (κ1) is 16.8. The van der Waals surface area contributed by atoms with Crippen molar-refractivity contribution in [3.05, 3.63) is 36.3 Å². The van der Waals surface area contributed by atoms with Gasteiger partial charge in [-0.3, -0.25) is 19.2 Å². The third-order valence-electron chi connectivity index (χ3n) is 5.32. The van der Waals surface area contributed by atoms with E-state index in [4.69, 9.17) is 0 Å². The SMILES string of the molecule is CN1CCCC(N2CC(NC(=O)c3cnn(C)c3-n3cccc3)C2)C1=O. The topological polar surface area (TPSA) is 75.4 Å². The van der Waals surface area contributed by atoms with E-state index in [1.54, 1.807) is 15.8 Å². The summed E-state index contributed by atoms with van der Waals surface area (Å²) in [6, 6.07) is 3.86. The molecule has 2 aliphatic heterocycles. The molecule has 1 unspecified atom stereocenters. The van der Waals surface area contributed by atoms with Crippen LogP contribution in [0.5, 0.6) is 0 Å². The lowest BCUT2D eigenvalue weighted by Gasteiger charge is -2.46. The first-order valence-corrected chi connectivity index (χ1v) is 9.00. The molecule has 2 fully saturated rings. The van der Waals surface area contributed by atoms with Gasteiger partial charge in [0.25, 0.3) is 5.91 Å². The summed E-state index contributed by atoms with van der Waals surface area (Å²) in [6.45, 7) is 2.27. The number of nitrogens with zero attached hydrogens (tertiary/aromatic N) is 5. The van der Waals surface area contributed by atoms with Crippen molar-refractivity contribution in [2.75, 3.05) is 26.7 Å². The number of likely N-dealkylation sites (tertiary alicyclic amines) is 2. The molecule has 138 valence electrons. The summed E-state index contributed by atoms with van der Waals surface area (Å²) in [5.41, 5.74) is 0.552. The van der Waals surface area contributed by atoms with Gasteiger partial charge in [-0.05, 0) is 25.0 Å². The maximum atomic E-state index is 12.7. The summed E-state index contributed by atoms with van der Waals surface area (Å²) < 4.78 is 3.57. The van der Waals surface area contributed by atoms with Gasteiger partial charge in [-0.15, -0.1) is 0 Å². The lowest BCUT2D eigenvalue weighted by atomic mass is 9.97. The lowest BCUT2D eigenvalue weighted by Crippen LogP contribution is -2.65. The minimum atomic E-state index is -0.126. The number of aromatic nitrogens is 3. The number of nitrogens with one attached hydrogen (secondary N) is 1. The molecule has 8 heteroatoms. The summed E-state index contributed by atoms with van der Waals surface area (Å²) in [7, 11) is 3.68. The summed E-state index contributed by atoms with van der Waals surface area (Å²) in [5.74, 6) is 0.814. The van der Waals surface area contributed by atoms with Gasteiger partial charge in [0.15, 0.2) is 0 Å². The number of rotatable bonds is 4. The van der Waals surface area contributed by atoms with Crippen LogP contribution in [0, 0.1) is 0 Å². The zero-order valence-electron chi connectivity index (χ0n) is 15.1. The second-order valence-electron chi connectivity index (χ2n) is 7.14. The average Bonchev–Trinajstić information content (AvgIpc) is 3.22. The standard InChI is InChI=1S/C18H24N6O2/c1-21-7-5-6-15(18(21)26)24-11-13(12-24)20-16(25)14-10-19-22(2)17(14)23-8-3-4-9-23/h3-4,8-10,13,15H,5-7,11-12H2,1-2H3,(H,20,25). The van der Waals surface area contributed by atoms with E-state index >= 15 is 0 Å². The van der Waals surface area contributed by atoms with Gasteiger partial charge in [-0.1, -0.05) is 0 Å².